The summed E-state index contributed by atoms with van der Waals surface area (Å²) in [6, 6.07) is 6.33. The molecule has 1 aromatic rings. The molecule has 0 bridgehead atoms. The van der Waals surface area contributed by atoms with Crippen LogP contribution in [0, 0.1) is 13.8 Å². The standard InChI is InChI=1S/C13H21NO/c1-5-13(4,15)9-14-12-7-10(2)6-11(3)8-12/h6-8,14-15H,5,9H2,1-4H3. The van der Waals surface area contributed by atoms with Gasteiger partial charge in [0.1, 0.15) is 0 Å². The van der Waals surface area contributed by atoms with Gasteiger partial charge in [0.15, 0.2) is 0 Å². The van der Waals surface area contributed by atoms with Crippen LogP contribution in [-0.2, 0) is 0 Å². The van der Waals surface area contributed by atoms with E-state index in [1.807, 2.05) is 13.8 Å². The average molecular weight is 207 g/mol. The van der Waals surface area contributed by atoms with Gasteiger partial charge in [-0.3, -0.25) is 0 Å². The molecule has 0 amide bonds. The number of nitrogens with one attached hydrogen (secondary N) is 1. The zero-order valence-electron chi connectivity index (χ0n) is 10.1. The fourth-order valence-corrected chi connectivity index (χ4v) is 1.49. The first kappa shape index (κ1) is 12.1. The van der Waals surface area contributed by atoms with Gasteiger partial charge in [-0.15, -0.1) is 0 Å². The van der Waals surface area contributed by atoms with E-state index in [2.05, 4.69) is 37.4 Å². The number of benzene rings is 1. The second kappa shape index (κ2) is 4.67. The minimum Gasteiger partial charge on any atom is -0.388 e. The summed E-state index contributed by atoms with van der Waals surface area (Å²) >= 11 is 0. The maximum Gasteiger partial charge on any atom is 0.0788 e. The van der Waals surface area contributed by atoms with Crippen LogP contribution in [-0.4, -0.2) is 17.3 Å². The molecule has 0 fully saturated rings. The van der Waals surface area contributed by atoms with Gasteiger partial charge in [0.2, 0.25) is 0 Å². The predicted molar refractivity (Wildman–Crippen MR) is 65.3 cm³/mol. The quantitative estimate of drug-likeness (QED) is 0.795. The summed E-state index contributed by atoms with van der Waals surface area (Å²) in [5.74, 6) is 0. The highest BCUT2D eigenvalue weighted by atomic mass is 16.3. The highest BCUT2D eigenvalue weighted by Gasteiger charge is 2.16. The Hall–Kier alpha value is -1.02. The summed E-state index contributed by atoms with van der Waals surface area (Å²) in [6.07, 6.45) is 0.755. The molecule has 1 aromatic carbocycles. The second-order valence-electron chi connectivity index (χ2n) is 4.58. The minimum absolute atomic E-state index is 0.590. The Morgan fingerprint density at radius 2 is 1.73 bits per heavy atom. The summed E-state index contributed by atoms with van der Waals surface area (Å²) in [5.41, 5.74) is 2.95. The van der Waals surface area contributed by atoms with Crippen molar-refractivity contribution in [1.29, 1.82) is 0 Å². The first-order chi connectivity index (χ1) is 6.93. The third-order valence-electron chi connectivity index (χ3n) is 2.66. The molecule has 2 heteroatoms. The Bertz CT molecular complexity index is 311. The van der Waals surface area contributed by atoms with Crippen LogP contribution < -0.4 is 5.32 Å². The van der Waals surface area contributed by atoms with Crippen molar-refractivity contribution in [3.05, 3.63) is 29.3 Å². The summed E-state index contributed by atoms with van der Waals surface area (Å²) in [7, 11) is 0. The van der Waals surface area contributed by atoms with Crippen molar-refractivity contribution in [1.82, 2.24) is 0 Å². The van der Waals surface area contributed by atoms with E-state index in [-0.39, 0.29) is 0 Å². The normalized spacial score (nSPS) is 14.7. The van der Waals surface area contributed by atoms with Crippen LogP contribution in [0.25, 0.3) is 0 Å². The molecule has 1 atom stereocenters. The molecule has 0 spiro atoms. The van der Waals surface area contributed by atoms with Crippen molar-refractivity contribution in [3.8, 4) is 0 Å². The lowest BCUT2D eigenvalue weighted by atomic mass is 10.0. The van der Waals surface area contributed by atoms with Crippen molar-refractivity contribution in [2.45, 2.75) is 39.7 Å². The number of aliphatic hydroxyl groups is 1. The lowest BCUT2D eigenvalue weighted by molar-refractivity contribution is 0.0697. The number of hydrogen-bond acceptors (Lipinski definition) is 2. The van der Waals surface area contributed by atoms with Crippen LogP contribution in [0.3, 0.4) is 0 Å². The van der Waals surface area contributed by atoms with E-state index in [4.69, 9.17) is 0 Å². The molecule has 2 N–H and O–H groups in total. The SMILES string of the molecule is CCC(C)(O)CNc1cc(C)cc(C)c1. The van der Waals surface area contributed by atoms with Gasteiger partial charge in [0.25, 0.3) is 0 Å². The number of aryl methyl sites for hydroxylation is 2. The van der Waals surface area contributed by atoms with Crippen molar-refractivity contribution < 1.29 is 5.11 Å². The zero-order valence-corrected chi connectivity index (χ0v) is 10.1. The van der Waals surface area contributed by atoms with Crippen molar-refractivity contribution in [2.75, 3.05) is 11.9 Å². The summed E-state index contributed by atoms with van der Waals surface area (Å²) in [5, 5.41) is 13.1. The van der Waals surface area contributed by atoms with Gasteiger partial charge in [-0.25, -0.2) is 0 Å². The van der Waals surface area contributed by atoms with Gasteiger partial charge in [-0.1, -0.05) is 13.0 Å². The molecule has 2 nitrogen and oxygen atoms in total. The Labute approximate surface area is 92.3 Å². The van der Waals surface area contributed by atoms with E-state index in [0.717, 1.165) is 12.1 Å². The van der Waals surface area contributed by atoms with Gasteiger partial charge in [0.05, 0.1) is 5.60 Å². The smallest absolute Gasteiger partial charge is 0.0788 e. The van der Waals surface area contributed by atoms with Crippen LogP contribution in [0.4, 0.5) is 5.69 Å². The molecule has 1 rings (SSSR count). The summed E-state index contributed by atoms with van der Waals surface area (Å²) < 4.78 is 0. The molecule has 15 heavy (non-hydrogen) atoms. The van der Waals surface area contributed by atoms with E-state index in [1.54, 1.807) is 0 Å². The third kappa shape index (κ3) is 3.92. The van der Waals surface area contributed by atoms with Crippen molar-refractivity contribution in [2.24, 2.45) is 0 Å². The number of hydrogen-bond donors (Lipinski definition) is 2. The summed E-state index contributed by atoms with van der Waals surface area (Å²) in [4.78, 5) is 0. The topological polar surface area (TPSA) is 32.3 Å². The minimum atomic E-state index is -0.627. The highest BCUT2D eigenvalue weighted by Crippen LogP contribution is 2.16. The largest absolute Gasteiger partial charge is 0.388 e. The fraction of sp³-hybridized carbons (Fsp3) is 0.538. The molecule has 0 aliphatic heterocycles. The maximum absolute atomic E-state index is 9.86. The van der Waals surface area contributed by atoms with Crippen LogP contribution >= 0.6 is 0 Å². The van der Waals surface area contributed by atoms with E-state index >= 15 is 0 Å². The van der Waals surface area contributed by atoms with E-state index in [1.165, 1.54) is 11.1 Å². The van der Waals surface area contributed by atoms with Gasteiger partial charge in [-0.05, 0) is 50.5 Å². The monoisotopic (exact) mass is 207 g/mol. The van der Waals surface area contributed by atoms with Crippen molar-refractivity contribution in [3.63, 3.8) is 0 Å². The molecular formula is C13H21NO. The highest BCUT2D eigenvalue weighted by molar-refractivity contribution is 5.48. The predicted octanol–water partition coefficient (Wildman–Crippen LogP) is 2.88. The van der Waals surface area contributed by atoms with Gasteiger partial charge >= 0.3 is 0 Å². The molecule has 0 aromatic heterocycles. The maximum atomic E-state index is 9.86. The molecule has 0 radical (unpaired) electrons. The lowest BCUT2D eigenvalue weighted by Gasteiger charge is -2.22. The van der Waals surface area contributed by atoms with Crippen LogP contribution in [0.2, 0.25) is 0 Å². The molecule has 0 aliphatic carbocycles. The molecule has 0 heterocycles. The van der Waals surface area contributed by atoms with Gasteiger partial charge < -0.3 is 10.4 Å². The van der Waals surface area contributed by atoms with Crippen LogP contribution in [0.15, 0.2) is 18.2 Å². The number of anilines is 1. The fourth-order valence-electron chi connectivity index (χ4n) is 1.49. The van der Waals surface area contributed by atoms with E-state index in [9.17, 15) is 5.11 Å². The van der Waals surface area contributed by atoms with E-state index < -0.39 is 5.60 Å². The lowest BCUT2D eigenvalue weighted by Crippen LogP contribution is -2.32. The number of rotatable bonds is 4. The Kier molecular flexibility index (Phi) is 3.75. The van der Waals surface area contributed by atoms with E-state index in [0.29, 0.717) is 6.54 Å². The Morgan fingerprint density at radius 3 is 2.20 bits per heavy atom. The van der Waals surface area contributed by atoms with Gasteiger partial charge in [-0.2, -0.15) is 0 Å². The van der Waals surface area contributed by atoms with Crippen LogP contribution in [0.1, 0.15) is 31.4 Å². The zero-order chi connectivity index (χ0) is 11.5. The average Bonchev–Trinajstić information content (AvgIpc) is 2.14. The molecular weight excluding hydrogens is 186 g/mol. The first-order valence-corrected chi connectivity index (χ1v) is 5.47. The second-order valence-corrected chi connectivity index (χ2v) is 4.58. The Balaban J connectivity index is 2.65. The molecule has 0 saturated heterocycles. The third-order valence-corrected chi connectivity index (χ3v) is 2.66. The first-order valence-electron chi connectivity index (χ1n) is 5.47. The molecule has 0 saturated carbocycles. The van der Waals surface area contributed by atoms with Gasteiger partial charge in [0, 0.05) is 12.2 Å². The molecule has 84 valence electrons. The van der Waals surface area contributed by atoms with Crippen LogP contribution in [0.5, 0.6) is 0 Å². The molecule has 0 aliphatic rings. The Morgan fingerprint density at radius 1 is 1.20 bits per heavy atom. The summed E-state index contributed by atoms with van der Waals surface area (Å²) in [6.45, 7) is 8.59. The molecule has 1 unspecified atom stereocenters. The van der Waals surface area contributed by atoms with Crippen molar-refractivity contribution >= 4 is 5.69 Å².